The Morgan fingerprint density at radius 2 is 1.81 bits per heavy atom. The van der Waals surface area contributed by atoms with E-state index < -0.39 is 0 Å². The third kappa shape index (κ3) is 3.61. The minimum atomic E-state index is -0.288. The van der Waals surface area contributed by atoms with Crippen LogP contribution < -0.4 is 10.1 Å². The van der Waals surface area contributed by atoms with E-state index in [2.05, 4.69) is 37.4 Å². The van der Waals surface area contributed by atoms with E-state index in [1.165, 1.54) is 23.8 Å². The Balaban J connectivity index is 2.32. The third-order valence-electron chi connectivity index (χ3n) is 3.66. The SMILES string of the molecule is CNC(Cc1cc(C)cc(C)c1)c1cccc(OC)c1F. The molecule has 1 atom stereocenters. The van der Waals surface area contributed by atoms with Gasteiger partial charge < -0.3 is 10.1 Å². The van der Waals surface area contributed by atoms with Gasteiger partial charge in [-0.1, -0.05) is 41.5 Å². The van der Waals surface area contributed by atoms with Crippen molar-refractivity contribution in [1.29, 1.82) is 0 Å². The minimum absolute atomic E-state index is 0.0821. The normalized spacial score (nSPS) is 12.2. The molecular weight excluding hydrogens is 265 g/mol. The molecule has 1 N–H and O–H groups in total. The molecule has 0 fully saturated rings. The van der Waals surface area contributed by atoms with Crippen LogP contribution in [-0.4, -0.2) is 14.2 Å². The number of hydrogen-bond donors (Lipinski definition) is 1. The molecule has 1 unspecified atom stereocenters. The van der Waals surface area contributed by atoms with Crippen LogP contribution in [0.5, 0.6) is 5.75 Å². The Bertz CT molecular complexity index is 604. The van der Waals surface area contributed by atoms with Crippen molar-refractivity contribution < 1.29 is 9.13 Å². The molecular formula is C18H22FNO. The van der Waals surface area contributed by atoms with Crippen molar-refractivity contribution in [2.75, 3.05) is 14.2 Å². The minimum Gasteiger partial charge on any atom is -0.494 e. The topological polar surface area (TPSA) is 21.3 Å². The molecule has 0 amide bonds. The summed E-state index contributed by atoms with van der Waals surface area (Å²) >= 11 is 0. The Labute approximate surface area is 126 Å². The van der Waals surface area contributed by atoms with E-state index in [1.807, 2.05) is 19.2 Å². The molecule has 0 saturated carbocycles. The lowest BCUT2D eigenvalue weighted by molar-refractivity contribution is 0.380. The fraction of sp³-hybridized carbons (Fsp3) is 0.333. The number of methoxy groups -OCH3 is 1. The predicted molar refractivity (Wildman–Crippen MR) is 84.4 cm³/mol. The van der Waals surface area contributed by atoms with Crippen LogP contribution in [0.25, 0.3) is 0 Å². The Kier molecular flexibility index (Phi) is 4.97. The van der Waals surface area contributed by atoms with Crippen molar-refractivity contribution >= 4 is 0 Å². The standard InChI is InChI=1S/C18H22FNO/c1-12-8-13(2)10-14(9-12)11-16(20-3)15-6-5-7-17(21-4)18(15)19/h5-10,16,20H,11H2,1-4H3. The summed E-state index contributed by atoms with van der Waals surface area (Å²) in [6.45, 7) is 4.16. The maximum Gasteiger partial charge on any atom is 0.169 e. The first-order chi connectivity index (χ1) is 10.0. The number of rotatable bonds is 5. The molecule has 0 bridgehead atoms. The second kappa shape index (κ2) is 6.72. The second-order valence-electron chi connectivity index (χ2n) is 5.40. The van der Waals surface area contributed by atoms with Gasteiger partial charge in [0.05, 0.1) is 7.11 Å². The van der Waals surface area contributed by atoms with E-state index in [0.717, 1.165) is 6.42 Å². The van der Waals surface area contributed by atoms with Gasteiger partial charge in [-0.05, 0) is 38.9 Å². The summed E-state index contributed by atoms with van der Waals surface area (Å²) in [5.41, 5.74) is 4.29. The van der Waals surface area contributed by atoms with E-state index in [4.69, 9.17) is 4.74 Å². The highest BCUT2D eigenvalue weighted by Crippen LogP contribution is 2.27. The molecule has 0 aliphatic rings. The van der Waals surface area contributed by atoms with Crippen LogP contribution in [0, 0.1) is 19.7 Å². The van der Waals surface area contributed by atoms with Crippen molar-refractivity contribution in [3.8, 4) is 5.75 Å². The van der Waals surface area contributed by atoms with Crippen LogP contribution in [0.15, 0.2) is 36.4 Å². The van der Waals surface area contributed by atoms with Gasteiger partial charge in [-0.25, -0.2) is 4.39 Å². The molecule has 112 valence electrons. The smallest absolute Gasteiger partial charge is 0.169 e. The van der Waals surface area contributed by atoms with Crippen LogP contribution in [-0.2, 0) is 6.42 Å². The first-order valence-corrected chi connectivity index (χ1v) is 7.12. The van der Waals surface area contributed by atoms with Gasteiger partial charge in [-0.15, -0.1) is 0 Å². The first kappa shape index (κ1) is 15.5. The average Bonchev–Trinajstić information content (AvgIpc) is 2.44. The number of nitrogens with one attached hydrogen (secondary N) is 1. The zero-order valence-corrected chi connectivity index (χ0v) is 13.0. The Morgan fingerprint density at radius 1 is 1.14 bits per heavy atom. The molecule has 3 heteroatoms. The molecule has 0 spiro atoms. The van der Waals surface area contributed by atoms with Gasteiger partial charge in [-0.2, -0.15) is 0 Å². The number of ether oxygens (including phenoxy) is 1. The zero-order valence-electron chi connectivity index (χ0n) is 13.0. The number of aryl methyl sites for hydroxylation is 2. The van der Waals surface area contributed by atoms with Gasteiger partial charge in [0, 0.05) is 11.6 Å². The van der Waals surface area contributed by atoms with Crippen LogP contribution in [0.4, 0.5) is 4.39 Å². The van der Waals surface area contributed by atoms with E-state index in [0.29, 0.717) is 5.56 Å². The lowest BCUT2D eigenvalue weighted by Gasteiger charge is -2.19. The molecule has 2 aromatic rings. The van der Waals surface area contributed by atoms with Gasteiger partial charge in [0.2, 0.25) is 0 Å². The fourth-order valence-electron chi connectivity index (χ4n) is 2.74. The van der Waals surface area contributed by atoms with Crippen LogP contribution in [0.1, 0.15) is 28.3 Å². The number of benzene rings is 2. The van der Waals surface area contributed by atoms with E-state index >= 15 is 0 Å². The van der Waals surface area contributed by atoms with Crippen molar-refractivity contribution in [3.05, 3.63) is 64.5 Å². The summed E-state index contributed by atoms with van der Waals surface area (Å²) in [4.78, 5) is 0. The highest BCUT2D eigenvalue weighted by molar-refractivity contribution is 5.35. The van der Waals surface area contributed by atoms with Crippen LogP contribution in [0.2, 0.25) is 0 Å². The number of likely N-dealkylation sites (N-methyl/N-ethyl adjacent to an activating group) is 1. The lowest BCUT2D eigenvalue weighted by atomic mass is 9.96. The molecule has 0 saturated heterocycles. The summed E-state index contributed by atoms with van der Waals surface area (Å²) in [7, 11) is 3.34. The van der Waals surface area contributed by atoms with E-state index in [-0.39, 0.29) is 17.6 Å². The first-order valence-electron chi connectivity index (χ1n) is 7.12. The molecule has 21 heavy (non-hydrogen) atoms. The molecule has 2 aromatic carbocycles. The van der Waals surface area contributed by atoms with Gasteiger partial charge in [0.15, 0.2) is 11.6 Å². The molecule has 0 radical (unpaired) electrons. The van der Waals surface area contributed by atoms with Gasteiger partial charge >= 0.3 is 0 Å². The molecule has 2 rings (SSSR count). The molecule has 2 nitrogen and oxygen atoms in total. The summed E-state index contributed by atoms with van der Waals surface area (Å²) in [5, 5.41) is 3.20. The van der Waals surface area contributed by atoms with Gasteiger partial charge in [-0.3, -0.25) is 0 Å². The van der Waals surface area contributed by atoms with E-state index in [9.17, 15) is 4.39 Å². The van der Waals surface area contributed by atoms with E-state index in [1.54, 1.807) is 6.07 Å². The Morgan fingerprint density at radius 3 is 2.38 bits per heavy atom. The third-order valence-corrected chi connectivity index (χ3v) is 3.66. The van der Waals surface area contributed by atoms with Crippen molar-refractivity contribution in [2.45, 2.75) is 26.3 Å². The Hall–Kier alpha value is -1.87. The number of halogens is 1. The van der Waals surface area contributed by atoms with Crippen LogP contribution in [0.3, 0.4) is 0 Å². The summed E-state index contributed by atoms with van der Waals surface area (Å²) < 4.78 is 19.5. The monoisotopic (exact) mass is 287 g/mol. The quantitative estimate of drug-likeness (QED) is 0.899. The number of hydrogen-bond acceptors (Lipinski definition) is 2. The molecule has 0 heterocycles. The maximum atomic E-state index is 14.4. The van der Waals surface area contributed by atoms with Crippen molar-refractivity contribution in [1.82, 2.24) is 5.32 Å². The maximum absolute atomic E-state index is 14.4. The summed E-state index contributed by atoms with van der Waals surface area (Å²) in [5.74, 6) is -0.00287. The van der Waals surface area contributed by atoms with Crippen molar-refractivity contribution in [3.63, 3.8) is 0 Å². The molecule has 0 aromatic heterocycles. The molecule has 0 aliphatic heterocycles. The lowest BCUT2D eigenvalue weighted by Crippen LogP contribution is -2.20. The summed E-state index contributed by atoms with van der Waals surface area (Å²) in [6, 6.07) is 11.6. The average molecular weight is 287 g/mol. The fourth-order valence-corrected chi connectivity index (χ4v) is 2.74. The zero-order chi connectivity index (χ0) is 15.4. The predicted octanol–water partition coefficient (Wildman–Crippen LogP) is 3.95. The second-order valence-corrected chi connectivity index (χ2v) is 5.40. The van der Waals surface area contributed by atoms with Gasteiger partial charge in [0.25, 0.3) is 0 Å². The highest BCUT2D eigenvalue weighted by atomic mass is 19.1. The van der Waals surface area contributed by atoms with Gasteiger partial charge in [0.1, 0.15) is 0 Å². The highest BCUT2D eigenvalue weighted by Gasteiger charge is 2.17. The van der Waals surface area contributed by atoms with Crippen LogP contribution >= 0.6 is 0 Å². The van der Waals surface area contributed by atoms with Crippen molar-refractivity contribution in [2.24, 2.45) is 0 Å². The summed E-state index contributed by atoms with van der Waals surface area (Å²) in [6.07, 6.45) is 0.739. The molecule has 0 aliphatic carbocycles. The largest absolute Gasteiger partial charge is 0.494 e.